The third kappa shape index (κ3) is 2.16. The highest BCUT2D eigenvalue weighted by atomic mass is 16.2. The first-order chi connectivity index (χ1) is 9.15. The number of aromatic nitrogens is 1. The first-order valence-corrected chi connectivity index (χ1v) is 6.67. The molecule has 1 aliphatic heterocycles. The zero-order chi connectivity index (χ0) is 13.4. The number of anilines is 1. The minimum atomic E-state index is 0.0969. The van der Waals surface area contributed by atoms with Crippen LogP contribution >= 0.6 is 0 Å². The molecule has 1 amide bonds. The van der Waals surface area contributed by atoms with E-state index in [0.717, 1.165) is 24.2 Å². The summed E-state index contributed by atoms with van der Waals surface area (Å²) in [4.78, 5) is 14.5. The number of amides is 1. The predicted octanol–water partition coefficient (Wildman–Crippen LogP) is 2.86. The number of hydrogen-bond acceptors (Lipinski definition) is 1. The lowest BCUT2D eigenvalue weighted by molar-refractivity contribution is 0.0981. The highest BCUT2D eigenvalue weighted by Crippen LogP contribution is 2.30. The van der Waals surface area contributed by atoms with Crippen LogP contribution in [-0.2, 0) is 13.5 Å². The monoisotopic (exact) mass is 254 g/mol. The molecule has 3 heteroatoms. The third-order valence-corrected chi connectivity index (χ3v) is 3.67. The van der Waals surface area contributed by atoms with Gasteiger partial charge >= 0.3 is 0 Å². The van der Waals surface area contributed by atoms with E-state index in [1.54, 1.807) is 0 Å². The minimum Gasteiger partial charge on any atom is -0.356 e. The topological polar surface area (TPSA) is 25.2 Å². The lowest BCUT2D eigenvalue weighted by Gasteiger charge is -2.33. The Hall–Kier alpha value is -2.03. The average molecular weight is 254 g/mol. The van der Waals surface area contributed by atoms with Gasteiger partial charge < -0.3 is 9.47 Å². The molecule has 98 valence electrons. The number of carbonyl (C=O) groups is 1. The summed E-state index contributed by atoms with van der Waals surface area (Å²) in [6.45, 7) is 2.99. The van der Waals surface area contributed by atoms with Crippen LogP contribution in [0.4, 0.5) is 5.69 Å². The number of rotatable bonds is 1. The predicted molar refractivity (Wildman–Crippen MR) is 76.4 cm³/mol. The molecule has 1 aromatic heterocycles. The van der Waals surface area contributed by atoms with Crippen LogP contribution in [-0.4, -0.2) is 17.0 Å². The number of aryl methyl sites for hydroxylation is 1. The van der Waals surface area contributed by atoms with Gasteiger partial charge in [-0.3, -0.25) is 4.79 Å². The number of fused-ring (bicyclic) bond motifs is 1. The lowest BCUT2D eigenvalue weighted by atomic mass is 9.93. The summed E-state index contributed by atoms with van der Waals surface area (Å²) in [5.74, 6) is 0.599. The quantitative estimate of drug-likeness (QED) is 0.768. The zero-order valence-electron chi connectivity index (χ0n) is 11.3. The lowest BCUT2D eigenvalue weighted by Crippen LogP contribution is -2.39. The van der Waals surface area contributed by atoms with Crippen molar-refractivity contribution in [2.75, 3.05) is 11.4 Å². The van der Waals surface area contributed by atoms with Gasteiger partial charge in [-0.05, 0) is 30.0 Å². The zero-order valence-corrected chi connectivity index (χ0v) is 11.3. The van der Waals surface area contributed by atoms with Crippen LogP contribution in [0.3, 0.4) is 0 Å². The molecular weight excluding hydrogens is 236 g/mol. The van der Waals surface area contributed by atoms with E-state index in [4.69, 9.17) is 0 Å². The van der Waals surface area contributed by atoms with Crippen molar-refractivity contribution in [1.82, 2.24) is 4.57 Å². The molecule has 0 saturated heterocycles. The van der Waals surface area contributed by atoms with E-state index in [1.165, 1.54) is 5.56 Å². The highest BCUT2D eigenvalue weighted by molar-refractivity contribution is 6.06. The molecule has 0 N–H and O–H groups in total. The number of hydrogen-bond donors (Lipinski definition) is 0. The van der Waals surface area contributed by atoms with Crippen molar-refractivity contribution < 1.29 is 4.79 Å². The van der Waals surface area contributed by atoms with E-state index < -0.39 is 0 Å². The Morgan fingerprint density at radius 3 is 2.79 bits per heavy atom. The second kappa shape index (κ2) is 4.57. The third-order valence-electron chi connectivity index (χ3n) is 3.67. The second-order valence-electron chi connectivity index (χ2n) is 5.42. The number of carbonyl (C=O) groups excluding carboxylic acids is 1. The first-order valence-electron chi connectivity index (χ1n) is 6.67. The Morgan fingerprint density at radius 2 is 2.05 bits per heavy atom. The van der Waals surface area contributed by atoms with Crippen LogP contribution in [0.15, 0.2) is 42.7 Å². The molecule has 0 aliphatic carbocycles. The summed E-state index contributed by atoms with van der Waals surface area (Å²) in [6, 6.07) is 10.1. The molecule has 2 aromatic rings. The van der Waals surface area contributed by atoms with Crippen molar-refractivity contribution >= 4 is 11.6 Å². The molecule has 1 unspecified atom stereocenters. The molecule has 1 aliphatic rings. The van der Waals surface area contributed by atoms with Crippen molar-refractivity contribution in [1.29, 1.82) is 0 Å². The number of para-hydroxylation sites is 1. The van der Waals surface area contributed by atoms with Crippen molar-refractivity contribution in [3.05, 3.63) is 53.9 Å². The van der Waals surface area contributed by atoms with Crippen LogP contribution in [0.2, 0.25) is 0 Å². The fraction of sp³-hybridized carbons (Fsp3) is 0.312. The van der Waals surface area contributed by atoms with Crippen LogP contribution in [0, 0.1) is 5.92 Å². The molecule has 0 saturated carbocycles. The Kier molecular flexibility index (Phi) is 2.90. The van der Waals surface area contributed by atoms with Gasteiger partial charge in [-0.1, -0.05) is 25.1 Å². The summed E-state index contributed by atoms with van der Waals surface area (Å²) in [5.41, 5.74) is 3.09. The van der Waals surface area contributed by atoms with E-state index in [9.17, 15) is 4.79 Å². The normalized spacial score (nSPS) is 18.2. The standard InChI is InChI=1S/C16H18N2O/c1-12-9-13-5-3-4-6-15(13)18(10-12)16(19)14-7-8-17(2)11-14/h3-8,11-12H,9-10H2,1-2H3. The molecule has 0 fully saturated rings. The van der Waals surface area contributed by atoms with Gasteiger partial charge in [0.2, 0.25) is 0 Å². The molecule has 3 nitrogen and oxygen atoms in total. The maximum atomic E-state index is 12.6. The second-order valence-corrected chi connectivity index (χ2v) is 5.42. The van der Waals surface area contributed by atoms with Crippen molar-refractivity contribution in [3.63, 3.8) is 0 Å². The Morgan fingerprint density at radius 1 is 1.26 bits per heavy atom. The van der Waals surface area contributed by atoms with Gasteiger partial charge in [0.05, 0.1) is 5.56 Å². The average Bonchev–Trinajstić information content (AvgIpc) is 2.83. The van der Waals surface area contributed by atoms with E-state index >= 15 is 0 Å². The van der Waals surface area contributed by atoms with Gasteiger partial charge in [0, 0.05) is 31.7 Å². The molecule has 1 atom stereocenters. The smallest absolute Gasteiger partial charge is 0.259 e. The summed E-state index contributed by atoms with van der Waals surface area (Å²) >= 11 is 0. The fourth-order valence-electron chi connectivity index (χ4n) is 2.77. The van der Waals surface area contributed by atoms with Crippen molar-refractivity contribution in [2.45, 2.75) is 13.3 Å². The van der Waals surface area contributed by atoms with E-state index in [2.05, 4.69) is 13.0 Å². The van der Waals surface area contributed by atoms with Crippen LogP contribution in [0.5, 0.6) is 0 Å². The van der Waals surface area contributed by atoms with Crippen molar-refractivity contribution in [2.24, 2.45) is 13.0 Å². The molecule has 2 heterocycles. The van der Waals surface area contributed by atoms with Crippen LogP contribution < -0.4 is 4.90 Å². The van der Waals surface area contributed by atoms with E-state index in [-0.39, 0.29) is 5.91 Å². The van der Waals surface area contributed by atoms with Gasteiger partial charge in [0.25, 0.3) is 5.91 Å². The molecule has 0 spiro atoms. The Bertz CT molecular complexity index is 615. The molecule has 3 rings (SSSR count). The summed E-state index contributed by atoms with van der Waals surface area (Å²) < 4.78 is 1.91. The molecule has 0 bridgehead atoms. The van der Waals surface area contributed by atoms with Crippen LogP contribution in [0.1, 0.15) is 22.8 Å². The number of benzene rings is 1. The summed E-state index contributed by atoms with van der Waals surface area (Å²) in [6.07, 6.45) is 4.84. The van der Waals surface area contributed by atoms with Crippen molar-refractivity contribution in [3.8, 4) is 0 Å². The largest absolute Gasteiger partial charge is 0.356 e. The molecule has 1 aromatic carbocycles. The maximum absolute atomic E-state index is 12.6. The summed E-state index contributed by atoms with van der Waals surface area (Å²) in [5, 5.41) is 0. The highest BCUT2D eigenvalue weighted by Gasteiger charge is 2.27. The minimum absolute atomic E-state index is 0.0969. The summed E-state index contributed by atoms with van der Waals surface area (Å²) in [7, 11) is 1.93. The molecule has 19 heavy (non-hydrogen) atoms. The van der Waals surface area contributed by atoms with Gasteiger partial charge in [0.1, 0.15) is 0 Å². The first kappa shape index (κ1) is 12.0. The van der Waals surface area contributed by atoms with Gasteiger partial charge in [0.15, 0.2) is 0 Å². The molecular formula is C16H18N2O. The Balaban J connectivity index is 1.99. The molecule has 0 radical (unpaired) electrons. The maximum Gasteiger partial charge on any atom is 0.259 e. The van der Waals surface area contributed by atoms with Gasteiger partial charge in [-0.25, -0.2) is 0 Å². The number of nitrogens with zero attached hydrogens (tertiary/aromatic N) is 2. The van der Waals surface area contributed by atoms with Crippen LogP contribution in [0.25, 0.3) is 0 Å². The van der Waals surface area contributed by atoms with E-state index in [1.807, 2.05) is 53.2 Å². The fourth-order valence-corrected chi connectivity index (χ4v) is 2.77. The van der Waals surface area contributed by atoms with E-state index in [0.29, 0.717) is 5.92 Å². The Labute approximate surface area is 113 Å². The van der Waals surface area contributed by atoms with Gasteiger partial charge in [-0.15, -0.1) is 0 Å². The van der Waals surface area contributed by atoms with Gasteiger partial charge in [-0.2, -0.15) is 0 Å². The SMILES string of the molecule is CC1Cc2ccccc2N(C(=O)c2ccn(C)c2)C1.